The van der Waals surface area contributed by atoms with Gasteiger partial charge in [-0.1, -0.05) is 32.6 Å². The second-order valence-electron chi connectivity index (χ2n) is 10.4. The molecule has 0 amide bonds. The van der Waals surface area contributed by atoms with Crippen LogP contribution in [0.1, 0.15) is 58.8 Å². The number of carbonyl (C=O) groups excluding carboxylic acids is 2. The van der Waals surface area contributed by atoms with E-state index in [-0.39, 0.29) is 17.8 Å². The monoisotopic (exact) mass is 649 g/mol. The Morgan fingerprint density at radius 2 is 2.10 bits per heavy atom. The Labute approximate surface area is 244 Å². The number of Topliss-reactive ketones (excluding diaryl/α,β-unsaturated/α-hetero) is 1. The molecule has 8 nitrogen and oxygen atoms in total. The Morgan fingerprint density at radius 3 is 2.69 bits per heavy atom. The van der Waals surface area contributed by atoms with Gasteiger partial charge < -0.3 is 19.1 Å². The molecule has 2 aromatic rings. The number of ether oxygens (including phenoxy) is 2. The van der Waals surface area contributed by atoms with E-state index in [2.05, 4.69) is 16.5 Å². The summed E-state index contributed by atoms with van der Waals surface area (Å²) in [5.41, 5.74) is 4.12. The third-order valence-corrected chi connectivity index (χ3v) is 7.08. The minimum atomic E-state index is -0.903. The van der Waals surface area contributed by atoms with Crippen molar-refractivity contribution in [2.24, 2.45) is 5.92 Å². The Hall–Kier alpha value is -2.34. The minimum Gasteiger partial charge on any atom is -0.464 e. The quantitative estimate of drug-likeness (QED) is 0.135. The fourth-order valence-electron chi connectivity index (χ4n) is 4.49. The predicted molar refractivity (Wildman–Crippen MR) is 162 cm³/mol. The number of hydrogen-bond acceptors (Lipinski definition) is 7. The normalized spacial score (nSPS) is 18.0. The summed E-state index contributed by atoms with van der Waals surface area (Å²) in [6.45, 7) is 15.1. The first-order valence-corrected chi connectivity index (χ1v) is 14.5. The number of halogens is 1. The van der Waals surface area contributed by atoms with Crippen molar-refractivity contribution in [3.8, 4) is 0 Å². The number of hydrogen-bond donors (Lipinski definition) is 2. The van der Waals surface area contributed by atoms with E-state index in [1.807, 2.05) is 73.7 Å². The van der Waals surface area contributed by atoms with Crippen molar-refractivity contribution >= 4 is 50.9 Å². The molecule has 3 rings (SSSR count). The molecule has 0 bridgehead atoms. The smallest absolute Gasteiger partial charge is 0.325 e. The van der Waals surface area contributed by atoms with Crippen molar-refractivity contribution in [3.63, 3.8) is 0 Å². The van der Waals surface area contributed by atoms with E-state index < -0.39 is 18.1 Å². The predicted octanol–water partition coefficient (Wildman–Crippen LogP) is 5.12. The number of fused-ring (bicyclic) bond motifs is 1. The summed E-state index contributed by atoms with van der Waals surface area (Å²) in [4.78, 5) is 30.0. The van der Waals surface area contributed by atoms with Crippen LogP contribution in [-0.4, -0.2) is 57.9 Å². The second-order valence-corrected chi connectivity index (χ2v) is 11.7. The van der Waals surface area contributed by atoms with Gasteiger partial charge in [0.25, 0.3) is 0 Å². The highest BCUT2D eigenvalue weighted by Gasteiger charge is 2.26. The number of nitrogens with zero attached hydrogens (tertiary/aromatic N) is 2. The van der Waals surface area contributed by atoms with Crippen LogP contribution in [0.3, 0.4) is 0 Å². The van der Waals surface area contributed by atoms with Gasteiger partial charge in [0.1, 0.15) is 11.9 Å². The molecule has 2 heterocycles. The lowest BCUT2D eigenvalue weighted by Crippen LogP contribution is -2.45. The van der Waals surface area contributed by atoms with Gasteiger partial charge in [0.15, 0.2) is 5.78 Å². The molecule has 1 aliphatic rings. The number of ketones is 1. The molecule has 1 aromatic heterocycles. The minimum absolute atomic E-state index is 0.0929. The maximum atomic E-state index is 12.5. The summed E-state index contributed by atoms with van der Waals surface area (Å²) in [7, 11) is 0. The van der Waals surface area contributed by atoms with Crippen molar-refractivity contribution in [3.05, 3.63) is 57.5 Å². The molecule has 0 aliphatic carbocycles. The lowest BCUT2D eigenvalue weighted by atomic mass is 10.1. The Bertz CT molecular complexity index is 1250. The van der Waals surface area contributed by atoms with Crippen molar-refractivity contribution in [1.82, 2.24) is 14.9 Å². The standard InChI is InChI=1S/C30H40IN3O5/c1-7-23(13-19(4)28(36)20(5)31)29-33-25-14-22(10-11-26(25)34(29)16-24-9-8-12-38-24)15-32-27(21(6)35)30(37)39-17-18(2)3/h7,10-11,13-14,18,21,24,27,32,35H,5,8-9,12,15-17H2,1-4,6H3/b19-13-,23-7+/t21-,24-,27+/m1/s1. The summed E-state index contributed by atoms with van der Waals surface area (Å²) < 4.78 is 13.9. The van der Waals surface area contributed by atoms with Crippen LogP contribution in [-0.2, 0) is 32.2 Å². The number of carbonyl (C=O) groups is 2. The first-order chi connectivity index (χ1) is 18.5. The van der Waals surface area contributed by atoms with Gasteiger partial charge in [-0.3, -0.25) is 14.9 Å². The van der Waals surface area contributed by atoms with Crippen LogP contribution in [0.5, 0.6) is 0 Å². The largest absolute Gasteiger partial charge is 0.464 e. The third kappa shape index (κ3) is 8.33. The number of rotatable bonds is 13. The van der Waals surface area contributed by atoms with Crippen molar-refractivity contribution in [1.29, 1.82) is 0 Å². The lowest BCUT2D eigenvalue weighted by molar-refractivity contribution is -0.150. The average Bonchev–Trinajstić information content (AvgIpc) is 3.53. The van der Waals surface area contributed by atoms with E-state index >= 15 is 0 Å². The number of aliphatic hydroxyl groups is 1. The highest BCUT2D eigenvalue weighted by Crippen LogP contribution is 2.27. The number of benzene rings is 1. The molecule has 0 spiro atoms. The summed E-state index contributed by atoms with van der Waals surface area (Å²) in [6, 6.07) is 5.16. The molecule has 0 saturated carbocycles. The molecular weight excluding hydrogens is 609 g/mol. The van der Waals surface area contributed by atoms with Gasteiger partial charge in [0.05, 0.1) is 40.0 Å². The number of imidazole rings is 1. The zero-order valence-corrected chi connectivity index (χ0v) is 25.7. The summed E-state index contributed by atoms with van der Waals surface area (Å²) in [6.07, 6.45) is 5.04. The van der Waals surface area contributed by atoms with E-state index in [4.69, 9.17) is 14.5 Å². The van der Waals surface area contributed by atoms with Gasteiger partial charge in [-0.15, -0.1) is 0 Å². The maximum Gasteiger partial charge on any atom is 0.325 e. The highest BCUT2D eigenvalue weighted by atomic mass is 127. The van der Waals surface area contributed by atoms with Gasteiger partial charge in [-0.2, -0.15) is 0 Å². The number of nitrogens with one attached hydrogen (secondary N) is 1. The number of esters is 1. The highest BCUT2D eigenvalue weighted by molar-refractivity contribution is 14.1. The molecule has 0 radical (unpaired) electrons. The van der Waals surface area contributed by atoms with Crippen LogP contribution in [0.4, 0.5) is 0 Å². The molecule has 1 aliphatic heterocycles. The van der Waals surface area contributed by atoms with Gasteiger partial charge in [0.2, 0.25) is 0 Å². The lowest BCUT2D eigenvalue weighted by Gasteiger charge is -2.20. The Morgan fingerprint density at radius 1 is 1.36 bits per heavy atom. The van der Waals surface area contributed by atoms with Crippen LogP contribution >= 0.6 is 22.6 Å². The molecule has 39 heavy (non-hydrogen) atoms. The van der Waals surface area contributed by atoms with E-state index in [9.17, 15) is 14.7 Å². The van der Waals surface area contributed by atoms with Gasteiger partial charge in [-0.25, -0.2) is 4.98 Å². The molecule has 2 N–H and O–H groups in total. The zero-order valence-electron chi connectivity index (χ0n) is 23.5. The third-order valence-electron chi connectivity index (χ3n) is 6.59. The maximum absolute atomic E-state index is 12.5. The van der Waals surface area contributed by atoms with E-state index in [1.54, 1.807) is 13.8 Å². The Kier molecular flexibility index (Phi) is 11.5. The first kappa shape index (κ1) is 31.2. The zero-order chi connectivity index (χ0) is 28.7. The van der Waals surface area contributed by atoms with Crippen LogP contribution < -0.4 is 5.32 Å². The molecule has 1 saturated heterocycles. The fourth-order valence-corrected chi connectivity index (χ4v) is 4.91. The molecule has 3 atom stereocenters. The van der Waals surface area contributed by atoms with E-state index in [0.717, 1.165) is 47.4 Å². The van der Waals surface area contributed by atoms with E-state index in [0.29, 0.717) is 28.8 Å². The summed E-state index contributed by atoms with van der Waals surface area (Å²) in [5, 5.41) is 13.3. The van der Waals surface area contributed by atoms with Crippen LogP contribution in [0.15, 0.2) is 46.1 Å². The number of aromatic nitrogens is 2. The van der Waals surface area contributed by atoms with Crippen LogP contribution in [0, 0.1) is 5.92 Å². The van der Waals surface area contributed by atoms with Crippen molar-refractivity contribution in [2.75, 3.05) is 13.2 Å². The van der Waals surface area contributed by atoms with Crippen LogP contribution in [0.2, 0.25) is 0 Å². The SMILES string of the molecule is C=C(I)C(=O)/C(C)=C\C(=C/C)c1nc2cc(CN[C@H](C(=O)OCC(C)C)[C@@H](C)O)ccc2n1C[C@H]1CCCO1. The van der Waals surface area contributed by atoms with E-state index in [1.165, 1.54) is 0 Å². The number of aliphatic hydroxyl groups excluding tert-OH is 1. The molecule has 212 valence electrons. The first-order valence-electron chi connectivity index (χ1n) is 13.4. The van der Waals surface area contributed by atoms with Gasteiger partial charge in [-0.05, 0) is 91.5 Å². The number of allylic oxidation sites excluding steroid dienone is 5. The average molecular weight is 650 g/mol. The molecule has 0 unspecified atom stereocenters. The topological polar surface area (TPSA) is 103 Å². The molecular formula is C30H40IN3O5. The molecule has 1 fully saturated rings. The summed E-state index contributed by atoms with van der Waals surface area (Å²) >= 11 is 1.95. The fraction of sp³-hybridized carbons (Fsp3) is 0.500. The molecule has 9 heteroatoms. The van der Waals surface area contributed by atoms with Crippen molar-refractivity contribution < 1.29 is 24.2 Å². The van der Waals surface area contributed by atoms with Crippen molar-refractivity contribution in [2.45, 2.75) is 78.8 Å². The van der Waals surface area contributed by atoms with Crippen LogP contribution in [0.25, 0.3) is 16.6 Å². The molecule has 1 aromatic carbocycles. The van der Waals surface area contributed by atoms with Gasteiger partial charge >= 0.3 is 5.97 Å². The van der Waals surface area contributed by atoms with Gasteiger partial charge in [0, 0.05) is 18.7 Å². The summed E-state index contributed by atoms with van der Waals surface area (Å²) in [5.74, 6) is 0.416. The Balaban J connectivity index is 1.93. The second kappa shape index (κ2) is 14.3.